The van der Waals surface area contributed by atoms with Crippen molar-refractivity contribution in [1.82, 2.24) is 0 Å². The van der Waals surface area contributed by atoms with E-state index in [2.05, 4.69) is 55.8 Å². The van der Waals surface area contributed by atoms with Gasteiger partial charge in [0.25, 0.3) is 0 Å². The molecule has 0 bridgehead atoms. The smallest absolute Gasteiger partial charge is 0.119 e. The van der Waals surface area contributed by atoms with Crippen molar-refractivity contribution in [3.8, 4) is 5.75 Å². The predicted octanol–water partition coefficient (Wildman–Crippen LogP) is 4.03. The first-order chi connectivity index (χ1) is 6.83. The van der Waals surface area contributed by atoms with Crippen LogP contribution in [0.2, 0.25) is 0 Å². The number of methoxy groups -OCH3 is 1. The van der Waals surface area contributed by atoms with E-state index in [1.807, 2.05) is 0 Å². The standard InChI is InChI=1S/C13H19BrO/c1-9-6-11(15-5)7-10(2)12(9)8-13(3,4)14/h6-7H,8H2,1-5H3. The van der Waals surface area contributed by atoms with Crippen LogP contribution < -0.4 is 4.74 Å². The Kier molecular flexibility index (Phi) is 3.82. The topological polar surface area (TPSA) is 9.23 Å². The van der Waals surface area contributed by atoms with Gasteiger partial charge < -0.3 is 4.74 Å². The summed E-state index contributed by atoms with van der Waals surface area (Å²) in [5.74, 6) is 0.945. The van der Waals surface area contributed by atoms with Crippen molar-refractivity contribution in [2.75, 3.05) is 7.11 Å². The number of hydrogen-bond acceptors (Lipinski definition) is 1. The zero-order valence-electron chi connectivity index (χ0n) is 10.1. The van der Waals surface area contributed by atoms with E-state index in [1.54, 1.807) is 7.11 Å². The average Bonchev–Trinajstić information content (AvgIpc) is 2.09. The lowest BCUT2D eigenvalue weighted by atomic mass is 9.94. The average molecular weight is 271 g/mol. The van der Waals surface area contributed by atoms with Crippen LogP contribution in [0.4, 0.5) is 0 Å². The monoisotopic (exact) mass is 270 g/mol. The van der Waals surface area contributed by atoms with Crippen molar-refractivity contribution >= 4 is 15.9 Å². The molecule has 0 amide bonds. The van der Waals surface area contributed by atoms with Gasteiger partial charge in [-0.1, -0.05) is 15.9 Å². The lowest BCUT2D eigenvalue weighted by Gasteiger charge is -2.20. The highest BCUT2D eigenvalue weighted by molar-refractivity contribution is 9.10. The first-order valence-electron chi connectivity index (χ1n) is 5.16. The van der Waals surface area contributed by atoms with Crippen LogP contribution >= 0.6 is 15.9 Å². The fraction of sp³-hybridized carbons (Fsp3) is 0.538. The van der Waals surface area contributed by atoms with Gasteiger partial charge in [0.05, 0.1) is 7.11 Å². The number of rotatable bonds is 3. The molecule has 2 heteroatoms. The molecular weight excluding hydrogens is 252 g/mol. The van der Waals surface area contributed by atoms with Crippen LogP contribution in [0.15, 0.2) is 12.1 Å². The highest BCUT2D eigenvalue weighted by Crippen LogP contribution is 2.28. The number of alkyl halides is 1. The highest BCUT2D eigenvalue weighted by Gasteiger charge is 2.16. The molecule has 1 aromatic rings. The van der Waals surface area contributed by atoms with E-state index in [4.69, 9.17) is 4.74 Å². The Bertz CT molecular complexity index is 327. The van der Waals surface area contributed by atoms with Crippen molar-refractivity contribution in [3.63, 3.8) is 0 Å². The quantitative estimate of drug-likeness (QED) is 0.754. The van der Waals surface area contributed by atoms with Gasteiger partial charge in [-0.15, -0.1) is 0 Å². The van der Waals surface area contributed by atoms with E-state index in [-0.39, 0.29) is 4.32 Å². The third-order valence-electron chi connectivity index (χ3n) is 2.50. The second-order valence-corrected chi connectivity index (χ2v) is 6.78. The summed E-state index contributed by atoms with van der Waals surface area (Å²) < 4.78 is 5.40. The van der Waals surface area contributed by atoms with Gasteiger partial charge in [-0.25, -0.2) is 0 Å². The van der Waals surface area contributed by atoms with E-state index in [9.17, 15) is 0 Å². The van der Waals surface area contributed by atoms with E-state index in [1.165, 1.54) is 16.7 Å². The summed E-state index contributed by atoms with van der Waals surface area (Å²) in [5.41, 5.74) is 4.02. The van der Waals surface area contributed by atoms with Crippen molar-refractivity contribution in [1.29, 1.82) is 0 Å². The van der Waals surface area contributed by atoms with Crippen molar-refractivity contribution in [3.05, 3.63) is 28.8 Å². The van der Waals surface area contributed by atoms with Gasteiger partial charge >= 0.3 is 0 Å². The zero-order chi connectivity index (χ0) is 11.6. The summed E-state index contributed by atoms with van der Waals surface area (Å²) in [7, 11) is 1.71. The molecule has 0 aliphatic heterocycles. The fourth-order valence-electron chi connectivity index (χ4n) is 1.77. The second-order valence-electron chi connectivity index (χ2n) is 4.64. The van der Waals surface area contributed by atoms with Gasteiger partial charge in [0, 0.05) is 4.32 Å². The number of hydrogen-bond donors (Lipinski definition) is 0. The first kappa shape index (κ1) is 12.6. The van der Waals surface area contributed by atoms with Crippen molar-refractivity contribution < 1.29 is 4.74 Å². The SMILES string of the molecule is COc1cc(C)c(CC(C)(C)Br)c(C)c1. The number of benzene rings is 1. The van der Waals surface area contributed by atoms with Crippen LogP contribution in [0, 0.1) is 13.8 Å². The van der Waals surface area contributed by atoms with E-state index >= 15 is 0 Å². The normalized spacial score (nSPS) is 11.6. The lowest BCUT2D eigenvalue weighted by molar-refractivity contribution is 0.414. The molecule has 0 aromatic heterocycles. The Balaban J connectivity index is 3.09. The molecular formula is C13H19BrO. The molecule has 0 radical (unpaired) electrons. The third-order valence-corrected chi connectivity index (χ3v) is 2.78. The van der Waals surface area contributed by atoms with E-state index in [0.29, 0.717) is 0 Å². The summed E-state index contributed by atoms with van der Waals surface area (Å²) in [6.07, 6.45) is 1.04. The Labute approximate surface area is 101 Å². The van der Waals surface area contributed by atoms with Gasteiger partial charge in [-0.3, -0.25) is 0 Å². The van der Waals surface area contributed by atoms with Gasteiger partial charge in [-0.05, 0) is 62.9 Å². The number of ether oxygens (including phenoxy) is 1. The molecule has 0 N–H and O–H groups in total. The predicted molar refractivity (Wildman–Crippen MR) is 69.2 cm³/mol. The van der Waals surface area contributed by atoms with Crippen LogP contribution in [0.5, 0.6) is 5.75 Å². The molecule has 0 atom stereocenters. The minimum Gasteiger partial charge on any atom is -0.497 e. The van der Waals surface area contributed by atoms with Crippen LogP contribution in [-0.4, -0.2) is 11.4 Å². The molecule has 15 heavy (non-hydrogen) atoms. The molecule has 1 aromatic carbocycles. The summed E-state index contributed by atoms with van der Waals surface area (Å²) in [6, 6.07) is 4.20. The first-order valence-corrected chi connectivity index (χ1v) is 5.96. The van der Waals surface area contributed by atoms with Crippen LogP contribution in [0.1, 0.15) is 30.5 Å². The molecule has 0 aliphatic rings. The van der Waals surface area contributed by atoms with Gasteiger partial charge in [-0.2, -0.15) is 0 Å². The molecule has 1 nitrogen and oxygen atoms in total. The largest absolute Gasteiger partial charge is 0.497 e. The second kappa shape index (κ2) is 4.56. The number of halogens is 1. The molecule has 0 saturated carbocycles. The molecule has 0 fully saturated rings. The van der Waals surface area contributed by atoms with Gasteiger partial charge in [0.2, 0.25) is 0 Å². The molecule has 0 aliphatic carbocycles. The summed E-state index contributed by atoms with van der Waals surface area (Å²) in [4.78, 5) is 0. The Hall–Kier alpha value is -0.500. The molecule has 0 saturated heterocycles. The number of aryl methyl sites for hydroxylation is 2. The Morgan fingerprint density at radius 3 is 2.00 bits per heavy atom. The summed E-state index contributed by atoms with van der Waals surface area (Å²) >= 11 is 3.69. The minimum atomic E-state index is 0.150. The maximum Gasteiger partial charge on any atom is 0.119 e. The summed E-state index contributed by atoms with van der Waals surface area (Å²) in [5, 5.41) is 0. The fourth-order valence-corrected chi connectivity index (χ4v) is 2.05. The summed E-state index contributed by atoms with van der Waals surface area (Å²) in [6.45, 7) is 8.67. The van der Waals surface area contributed by atoms with Crippen LogP contribution in [0.3, 0.4) is 0 Å². The maximum absolute atomic E-state index is 5.25. The Morgan fingerprint density at radius 2 is 1.67 bits per heavy atom. The third kappa shape index (κ3) is 3.53. The molecule has 84 valence electrons. The zero-order valence-corrected chi connectivity index (χ0v) is 11.7. The molecule has 1 rings (SSSR count). The Morgan fingerprint density at radius 1 is 1.20 bits per heavy atom. The van der Waals surface area contributed by atoms with Crippen LogP contribution in [0.25, 0.3) is 0 Å². The van der Waals surface area contributed by atoms with Gasteiger partial charge in [0.15, 0.2) is 0 Å². The van der Waals surface area contributed by atoms with Crippen LogP contribution in [-0.2, 0) is 6.42 Å². The maximum atomic E-state index is 5.25. The van der Waals surface area contributed by atoms with E-state index < -0.39 is 0 Å². The van der Waals surface area contributed by atoms with E-state index in [0.717, 1.165) is 12.2 Å². The molecule has 0 spiro atoms. The lowest BCUT2D eigenvalue weighted by Crippen LogP contribution is -2.15. The van der Waals surface area contributed by atoms with Gasteiger partial charge in [0.1, 0.15) is 5.75 Å². The molecule has 0 heterocycles. The molecule has 0 unspecified atom stereocenters. The van der Waals surface area contributed by atoms with Crippen molar-refractivity contribution in [2.45, 2.75) is 38.4 Å². The highest BCUT2D eigenvalue weighted by atomic mass is 79.9. The van der Waals surface area contributed by atoms with Crippen molar-refractivity contribution in [2.24, 2.45) is 0 Å². The minimum absolute atomic E-state index is 0.150.